The smallest absolute Gasteiger partial charge is 1.00 e. The van der Waals surface area contributed by atoms with Crippen molar-refractivity contribution >= 4 is 43.7 Å². The first-order chi connectivity index (χ1) is 3.55. The molecule has 0 saturated carbocycles. The molecule has 0 rings (SSSR count). The molecule has 0 saturated heterocycles. The third-order valence-corrected chi connectivity index (χ3v) is 2.08. The first-order valence-electron chi connectivity index (χ1n) is 2.75. The average molecular weight is 205 g/mol. The summed E-state index contributed by atoms with van der Waals surface area (Å²) < 4.78 is 0.104. The van der Waals surface area contributed by atoms with Gasteiger partial charge in [-0.1, -0.05) is 20.8 Å². The topological polar surface area (TPSA) is 17.1 Å². The summed E-state index contributed by atoms with van der Waals surface area (Å²) in [5.74, 6) is 0.594. The van der Waals surface area contributed by atoms with Crippen LogP contribution in [-0.2, 0) is 4.79 Å². The third-order valence-electron chi connectivity index (χ3n) is 1.36. The van der Waals surface area contributed by atoms with Gasteiger partial charge in [-0.25, -0.2) is 0 Å². The molecule has 9 heavy (non-hydrogen) atoms. The molecule has 0 aliphatic carbocycles. The minimum Gasteiger partial charge on any atom is -1.00 e. The Morgan fingerprint density at radius 2 is 1.78 bits per heavy atom. The zero-order valence-electron chi connectivity index (χ0n) is 8.15. The number of halogens is 1. The fraction of sp³-hybridized carbons (Fsp3) is 0.833. The van der Waals surface area contributed by atoms with Crippen LogP contribution < -0.4 is 0 Å². The van der Waals surface area contributed by atoms with E-state index in [0.29, 0.717) is 5.92 Å². The zero-order chi connectivity index (χ0) is 6.73. The normalized spacial score (nSPS) is 12.6. The predicted octanol–water partition coefficient (Wildman–Crippen LogP) is 2.04. The van der Waals surface area contributed by atoms with Gasteiger partial charge in [0, 0.05) is 5.92 Å². The van der Waals surface area contributed by atoms with Gasteiger partial charge in [-0.05, 0) is 21.8 Å². The molecule has 1 unspecified atom stereocenters. The molecule has 0 aromatic heterocycles. The summed E-state index contributed by atoms with van der Waals surface area (Å²) in [4.78, 5) is 10.5. The van der Waals surface area contributed by atoms with E-state index in [2.05, 4.69) is 15.9 Å². The van der Waals surface area contributed by atoms with Gasteiger partial charge in [-0.15, -0.1) is 0 Å². The van der Waals surface area contributed by atoms with Crippen molar-refractivity contribution in [1.82, 2.24) is 0 Å². The van der Waals surface area contributed by atoms with Crippen LogP contribution >= 0.6 is 15.9 Å². The maximum absolute atomic E-state index is 10.5. The van der Waals surface area contributed by atoms with E-state index in [1.165, 1.54) is 0 Å². The van der Waals surface area contributed by atoms with E-state index < -0.39 is 0 Å². The number of hydrogen-bond acceptors (Lipinski definition) is 1. The Morgan fingerprint density at radius 3 is 1.78 bits per heavy atom. The van der Waals surface area contributed by atoms with E-state index in [0.717, 1.165) is 0 Å². The Morgan fingerprint density at radius 1 is 1.44 bits per heavy atom. The van der Waals surface area contributed by atoms with E-state index in [-0.39, 0.29) is 36.5 Å². The molecule has 0 aromatic rings. The van der Waals surface area contributed by atoms with E-state index >= 15 is 0 Å². The van der Waals surface area contributed by atoms with Crippen LogP contribution in [0.15, 0.2) is 0 Å². The molecule has 0 bridgehead atoms. The molecule has 0 aliphatic rings. The van der Waals surface area contributed by atoms with Crippen molar-refractivity contribution in [3.05, 3.63) is 0 Å². The minimum atomic E-state index is 0. The van der Waals surface area contributed by atoms with Gasteiger partial charge < -0.3 is 2.85 Å². The maximum atomic E-state index is 10.5. The number of carbonyl (C=O) groups excluding carboxylic acids is 1. The van der Waals surface area contributed by atoms with E-state index in [1.54, 1.807) is 0 Å². The molecule has 0 fully saturated rings. The van der Waals surface area contributed by atoms with E-state index in [4.69, 9.17) is 0 Å². The van der Waals surface area contributed by atoms with Gasteiger partial charge in [0.25, 0.3) is 0 Å². The minimum absolute atomic E-state index is 0. The molecular formula is C6H13BrMgO. The first-order valence-corrected chi connectivity index (χ1v) is 3.54. The van der Waals surface area contributed by atoms with Crippen molar-refractivity contribution in [1.29, 1.82) is 0 Å². The SMILES string of the molecule is CC(C)C(C)C(=O)Br.[H-].[H-].[Mg+2]. The summed E-state index contributed by atoms with van der Waals surface area (Å²) in [5, 5.41) is 0. The fourth-order valence-corrected chi connectivity index (χ4v) is 0.791. The standard InChI is InChI=1S/C6H11BrO.Mg.2H/c1-4(2)5(3)6(7)8;;;/h4-5H,1-3H3;;;/q;+2;2*-1. The van der Waals surface area contributed by atoms with Crippen molar-refractivity contribution in [2.45, 2.75) is 20.8 Å². The quantitative estimate of drug-likeness (QED) is 0.498. The van der Waals surface area contributed by atoms with Crippen LogP contribution in [0.5, 0.6) is 0 Å². The van der Waals surface area contributed by atoms with Crippen LogP contribution in [0, 0.1) is 11.8 Å². The summed E-state index contributed by atoms with van der Waals surface area (Å²) in [6.07, 6.45) is 0. The zero-order valence-corrected chi connectivity index (χ0v) is 9.15. The van der Waals surface area contributed by atoms with E-state index in [9.17, 15) is 4.79 Å². The van der Waals surface area contributed by atoms with Gasteiger partial charge in [0.2, 0.25) is 4.69 Å². The molecular weight excluding hydrogens is 192 g/mol. The van der Waals surface area contributed by atoms with Gasteiger partial charge in [-0.2, -0.15) is 0 Å². The number of carbonyl (C=O) groups is 1. The van der Waals surface area contributed by atoms with Crippen LogP contribution in [0.4, 0.5) is 0 Å². The monoisotopic (exact) mass is 204 g/mol. The Kier molecular flexibility index (Phi) is 7.94. The predicted molar refractivity (Wildman–Crippen MR) is 45.9 cm³/mol. The Balaban J connectivity index is -0.0000000817. The second kappa shape index (κ2) is 5.68. The van der Waals surface area contributed by atoms with Crippen molar-refractivity contribution in [3.8, 4) is 0 Å². The molecule has 0 amide bonds. The molecule has 1 nitrogen and oxygen atoms in total. The third kappa shape index (κ3) is 5.36. The summed E-state index contributed by atoms with van der Waals surface area (Å²) in [6, 6.07) is 0. The molecule has 0 aromatic carbocycles. The van der Waals surface area contributed by atoms with Crippen LogP contribution in [0.1, 0.15) is 23.6 Å². The van der Waals surface area contributed by atoms with Gasteiger partial charge in [0.05, 0.1) is 0 Å². The average Bonchev–Trinajstić information content (AvgIpc) is 1.64. The largest absolute Gasteiger partial charge is 2.00 e. The van der Waals surface area contributed by atoms with Crippen molar-refractivity contribution in [2.24, 2.45) is 11.8 Å². The molecule has 0 aliphatic heterocycles. The summed E-state index contributed by atoms with van der Waals surface area (Å²) in [6.45, 7) is 5.98. The Hall–Kier alpha value is 0.916. The summed E-state index contributed by atoms with van der Waals surface area (Å²) in [5.41, 5.74) is 0. The summed E-state index contributed by atoms with van der Waals surface area (Å²) in [7, 11) is 0. The second-order valence-corrected chi connectivity index (χ2v) is 3.12. The number of hydrogen-bond donors (Lipinski definition) is 0. The molecule has 1 atom stereocenters. The molecule has 0 N–H and O–H groups in total. The van der Waals surface area contributed by atoms with Gasteiger partial charge in [0.1, 0.15) is 0 Å². The van der Waals surface area contributed by atoms with Gasteiger partial charge in [-0.3, -0.25) is 4.79 Å². The van der Waals surface area contributed by atoms with Gasteiger partial charge in [0.15, 0.2) is 0 Å². The Labute approximate surface area is 83.8 Å². The summed E-state index contributed by atoms with van der Waals surface area (Å²) >= 11 is 2.90. The molecule has 0 spiro atoms. The van der Waals surface area contributed by atoms with Gasteiger partial charge >= 0.3 is 23.1 Å². The first kappa shape index (κ1) is 12.6. The second-order valence-electron chi connectivity index (χ2n) is 2.34. The molecule has 0 radical (unpaired) electrons. The van der Waals surface area contributed by atoms with Crippen LogP contribution in [0.25, 0.3) is 0 Å². The van der Waals surface area contributed by atoms with Crippen LogP contribution in [0.3, 0.4) is 0 Å². The van der Waals surface area contributed by atoms with Crippen molar-refractivity contribution < 1.29 is 7.65 Å². The van der Waals surface area contributed by atoms with Crippen LogP contribution in [-0.4, -0.2) is 27.7 Å². The fourth-order valence-electron chi connectivity index (χ4n) is 0.262. The van der Waals surface area contributed by atoms with Crippen molar-refractivity contribution in [3.63, 3.8) is 0 Å². The molecule has 52 valence electrons. The maximum Gasteiger partial charge on any atom is 2.00 e. The van der Waals surface area contributed by atoms with Crippen LogP contribution in [0.2, 0.25) is 0 Å². The Bertz CT molecular complexity index is 101. The molecule has 0 heterocycles. The van der Waals surface area contributed by atoms with E-state index in [1.807, 2.05) is 20.8 Å². The van der Waals surface area contributed by atoms with Crippen molar-refractivity contribution in [2.75, 3.05) is 0 Å². The number of rotatable bonds is 2. The molecule has 3 heteroatoms.